The number of hydrogen-bond acceptors (Lipinski definition) is 5. The average molecular weight is 477 g/mol. The molecule has 0 saturated carbocycles. The molecule has 1 unspecified atom stereocenters. The zero-order valence-electron chi connectivity index (χ0n) is 15.9. The van der Waals surface area contributed by atoms with Gasteiger partial charge in [0.05, 0.1) is 39.5 Å². The van der Waals surface area contributed by atoms with E-state index in [1.807, 2.05) is 0 Å². The zero-order chi connectivity index (χ0) is 22.3. The van der Waals surface area contributed by atoms with Crippen LogP contribution in [-0.2, 0) is 9.48 Å². The fourth-order valence-electron chi connectivity index (χ4n) is 3.08. The van der Waals surface area contributed by atoms with E-state index in [4.69, 9.17) is 33.7 Å². The largest absolute Gasteiger partial charge is 0.462 e. The minimum absolute atomic E-state index is 0.0220. The summed E-state index contributed by atoms with van der Waals surface area (Å²) in [5, 5.41) is 0.101. The number of carbonyl (C=O) groups is 1. The quantitative estimate of drug-likeness (QED) is 0.433. The third-order valence-corrected chi connectivity index (χ3v) is 6.82. The molecule has 4 nitrogen and oxygen atoms in total. The van der Waals surface area contributed by atoms with Crippen molar-refractivity contribution >= 4 is 51.7 Å². The highest BCUT2D eigenvalue weighted by atomic mass is 35.5. The molecule has 0 aliphatic carbocycles. The molecule has 0 aromatic heterocycles. The number of anilines is 1. The summed E-state index contributed by atoms with van der Waals surface area (Å²) in [6.07, 6.45) is -4.63. The van der Waals surface area contributed by atoms with Gasteiger partial charge in [-0.1, -0.05) is 41.0 Å². The summed E-state index contributed by atoms with van der Waals surface area (Å²) in [7, 11) is 0. The number of nitrogens with zero attached hydrogens (tertiary/aromatic N) is 1. The normalized spacial score (nSPS) is 19.0. The third kappa shape index (κ3) is 4.00. The molecule has 2 aromatic rings. The van der Waals surface area contributed by atoms with Gasteiger partial charge in [-0.15, -0.1) is 0 Å². The summed E-state index contributed by atoms with van der Waals surface area (Å²) in [4.78, 5) is 16.1. The van der Waals surface area contributed by atoms with E-state index in [1.165, 1.54) is 18.2 Å². The molecule has 0 radical (unpaired) electrons. The number of thioether (sulfide) groups is 1. The highest BCUT2D eigenvalue weighted by Crippen LogP contribution is 2.55. The number of aliphatic imine (C=N–C) groups is 1. The SMILES string of the molecule is CCOC(=O)c1ccc(C2=NCC(c3cc(Cl)c(N)c(Cl)c3)(C(F)(F)F)S2)cc1C. The number of benzene rings is 2. The summed E-state index contributed by atoms with van der Waals surface area (Å²) in [5.41, 5.74) is 6.99. The molecular formula is C20H17Cl2F3N2O2S. The van der Waals surface area contributed by atoms with Crippen LogP contribution in [-0.4, -0.2) is 30.3 Å². The molecule has 10 heteroatoms. The molecule has 160 valence electrons. The standard InChI is InChI=1S/C20H17Cl2F3N2O2S/c1-3-29-18(28)13-5-4-11(6-10(13)2)17-27-9-19(30-17,20(23,24)25)12-7-14(21)16(26)15(22)8-12/h4-8H,3,9,26H2,1-2H3. The number of esters is 1. The van der Waals surface area contributed by atoms with Crippen LogP contribution >= 0.6 is 35.0 Å². The van der Waals surface area contributed by atoms with Crippen molar-refractivity contribution in [2.45, 2.75) is 24.8 Å². The van der Waals surface area contributed by atoms with Crippen LogP contribution in [0.3, 0.4) is 0 Å². The number of carbonyl (C=O) groups excluding carboxylic acids is 1. The number of aryl methyl sites for hydroxylation is 1. The number of alkyl halides is 3. The Hall–Kier alpha value is -1.90. The fraction of sp³-hybridized carbons (Fsp3) is 0.300. The minimum atomic E-state index is -4.63. The number of nitrogen functional groups attached to an aromatic ring is 1. The van der Waals surface area contributed by atoms with Crippen LogP contribution in [0, 0.1) is 6.92 Å². The van der Waals surface area contributed by atoms with Gasteiger partial charge in [0.1, 0.15) is 0 Å². The molecule has 2 N–H and O–H groups in total. The topological polar surface area (TPSA) is 64.7 Å². The first kappa shape index (κ1) is 22.8. The fourth-order valence-corrected chi connectivity index (χ4v) is 4.75. The van der Waals surface area contributed by atoms with Crippen molar-refractivity contribution in [3.05, 3.63) is 62.6 Å². The summed E-state index contributed by atoms with van der Waals surface area (Å²) in [6.45, 7) is 3.07. The highest BCUT2D eigenvalue weighted by molar-refractivity contribution is 8.15. The maximum absolute atomic E-state index is 14.2. The van der Waals surface area contributed by atoms with Crippen LogP contribution in [0.2, 0.25) is 10.0 Å². The molecule has 1 aliphatic rings. The van der Waals surface area contributed by atoms with E-state index in [1.54, 1.807) is 26.0 Å². The van der Waals surface area contributed by atoms with E-state index in [0.717, 1.165) is 0 Å². The highest BCUT2D eigenvalue weighted by Gasteiger charge is 2.60. The molecule has 0 spiro atoms. The summed E-state index contributed by atoms with van der Waals surface area (Å²) in [5.74, 6) is -0.488. The van der Waals surface area contributed by atoms with Gasteiger partial charge in [0.25, 0.3) is 0 Å². The Morgan fingerprint density at radius 1 is 1.27 bits per heavy atom. The van der Waals surface area contributed by atoms with Crippen molar-refractivity contribution in [1.29, 1.82) is 0 Å². The Morgan fingerprint density at radius 3 is 2.43 bits per heavy atom. The Labute approximate surface area is 185 Å². The van der Waals surface area contributed by atoms with Gasteiger partial charge in [-0.2, -0.15) is 13.2 Å². The predicted octanol–water partition coefficient (Wildman–Crippen LogP) is 6.01. The number of hydrogen-bond donors (Lipinski definition) is 1. The van der Waals surface area contributed by atoms with E-state index >= 15 is 0 Å². The molecule has 1 heterocycles. The molecule has 1 atom stereocenters. The Kier molecular flexibility index (Phi) is 6.32. The first-order valence-corrected chi connectivity index (χ1v) is 10.4. The molecular weight excluding hydrogens is 460 g/mol. The minimum Gasteiger partial charge on any atom is -0.462 e. The Balaban J connectivity index is 1.99. The van der Waals surface area contributed by atoms with Crippen LogP contribution in [0.25, 0.3) is 0 Å². The van der Waals surface area contributed by atoms with Crippen molar-refractivity contribution in [1.82, 2.24) is 0 Å². The second-order valence-corrected chi connectivity index (χ2v) is 8.75. The van der Waals surface area contributed by atoms with Gasteiger partial charge in [0, 0.05) is 5.56 Å². The lowest BCUT2D eigenvalue weighted by atomic mass is 9.97. The smallest absolute Gasteiger partial charge is 0.409 e. The van der Waals surface area contributed by atoms with Gasteiger partial charge < -0.3 is 10.5 Å². The Bertz CT molecular complexity index is 1020. The van der Waals surface area contributed by atoms with E-state index in [9.17, 15) is 18.0 Å². The van der Waals surface area contributed by atoms with E-state index in [2.05, 4.69) is 4.99 Å². The lowest BCUT2D eigenvalue weighted by molar-refractivity contribution is -0.158. The van der Waals surface area contributed by atoms with Crippen LogP contribution in [0.4, 0.5) is 18.9 Å². The van der Waals surface area contributed by atoms with Crippen LogP contribution < -0.4 is 5.73 Å². The lowest BCUT2D eigenvalue weighted by Gasteiger charge is -2.31. The van der Waals surface area contributed by atoms with Crippen molar-refractivity contribution in [3.63, 3.8) is 0 Å². The monoisotopic (exact) mass is 476 g/mol. The number of rotatable bonds is 4. The zero-order valence-corrected chi connectivity index (χ0v) is 18.3. The van der Waals surface area contributed by atoms with Crippen LogP contribution in [0.1, 0.15) is 34.0 Å². The molecule has 0 bridgehead atoms. The summed E-state index contributed by atoms with van der Waals surface area (Å²) < 4.78 is 45.3. The van der Waals surface area contributed by atoms with Crippen molar-refractivity contribution in [2.75, 3.05) is 18.9 Å². The van der Waals surface area contributed by atoms with Crippen molar-refractivity contribution in [2.24, 2.45) is 4.99 Å². The first-order valence-electron chi connectivity index (χ1n) is 8.83. The van der Waals surface area contributed by atoms with Gasteiger partial charge in [0.2, 0.25) is 0 Å². The molecule has 0 saturated heterocycles. The molecule has 30 heavy (non-hydrogen) atoms. The van der Waals surface area contributed by atoms with Gasteiger partial charge in [-0.25, -0.2) is 4.79 Å². The molecule has 3 rings (SSSR count). The van der Waals surface area contributed by atoms with Crippen molar-refractivity contribution in [3.8, 4) is 0 Å². The first-order chi connectivity index (χ1) is 14.0. The third-order valence-electron chi connectivity index (χ3n) is 4.69. The second kappa shape index (κ2) is 8.32. The van der Waals surface area contributed by atoms with E-state index in [0.29, 0.717) is 28.5 Å². The maximum Gasteiger partial charge on any atom is 0.409 e. The maximum atomic E-state index is 14.2. The van der Waals surface area contributed by atoms with Gasteiger partial charge in [0.15, 0.2) is 4.75 Å². The second-order valence-electron chi connectivity index (χ2n) is 6.65. The van der Waals surface area contributed by atoms with E-state index in [-0.39, 0.29) is 32.9 Å². The van der Waals surface area contributed by atoms with Gasteiger partial charge in [-0.05, 0) is 49.2 Å². The predicted molar refractivity (Wildman–Crippen MR) is 115 cm³/mol. The van der Waals surface area contributed by atoms with Gasteiger partial charge >= 0.3 is 12.1 Å². The molecule has 0 amide bonds. The summed E-state index contributed by atoms with van der Waals surface area (Å²) in [6, 6.07) is 7.05. The number of ether oxygens (including phenoxy) is 1. The molecule has 2 aromatic carbocycles. The average Bonchev–Trinajstić information content (AvgIpc) is 3.12. The van der Waals surface area contributed by atoms with Crippen LogP contribution in [0.5, 0.6) is 0 Å². The van der Waals surface area contributed by atoms with Crippen molar-refractivity contribution < 1.29 is 22.7 Å². The number of nitrogens with two attached hydrogens (primary N) is 1. The van der Waals surface area contributed by atoms with Crippen LogP contribution in [0.15, 0.2) is 35.3 Å². The Morgan fingerprint density at radius 2 is 1.90 bits per heavy atom. The molecule has 1 aliphatic heterocycles. The van der Waals surface area contributed by atoms with E-state index < -0.39 is 23.4 Å². The molecule has 0 fully saturated rings. The lowest BCUT2D eigenvalue weighted by Crippen LogP contribution is -2.40. The summed E-state index contributed by atoms with van der Waals surface area (Å²) >= 11 is 12.6. The number of halogens is 5. The van der Waals surface area contributed by atoms with Gasteiger partial charge in [-0.3, -0.25) is 4.99 Å².